The Morgan fingerprint density at radius 3 is 2.43 bits per heavy atom. The molecule has 1 unspecified atom stereocenters. The number of pyridine rings is 1. The van der Waals surface area contributed by atoms with E-state index in [1.165, 1.54) is 49.8 Å². The number of anilines is 1. The zero-order chi connectivity index (χ0) is 25.3. The second-order valence-corrected chi connectivity index (χ2v) is 7.78. The Labute approximate surface area is 202 Å². The summed E-state index contributed by atoms with van der Waals surface area (Å²) in [6, 6.07) is 10.9. The number of hydrogen-bond acceptors (Lipinski definition) is 6. The lowest BCUT2D eigenvalue weighted by Gasteiger charge is -2.25. The highest BCUT2D eigenvalue weighted by Gasteiger charge is 2.47. The summed E-state index contributed by atoms with van der Waals surface area (Å²) in [6.07, 6.45) is -2.00. The van der Waals surface area contributed by atoms with Crippen molar-refractivity contribution in [1.82, 2.24) is 4.98 Å². The Kier molecular flexibility index (Phi) is 6.40. The average Bonchev–Trinajstić information content (AvgIpc) is 3.09. The number of nitrogens with zero attached hydrogens (tertiary/aromatic N) is 2. The van der Waals surface area contributed by atoms with Gasteiger partial charge in [0.2, 0.25) is 0 Å². The largest absolute Gasteiger partial charge is 0.573 e. The molecule has 4 rings (SSSR count). The third kappa shape index (κ3) is 4.78. The standard InChI is InChI=1S/C24H16ClF3N2O5/c1-34-18-9-4-14(25)11-17(18)21(31)19-20(13-3-2-10-29-12-13)30(23(33)22(19)32)15-5-7-16(8-6-15)35-24(26,27)28/h2-12,20,31H,1H3/b21-19+. The topological polar surface area (TPSA) is 89.0 Å². The fourth-order valence-corrected chi connectivity index (χ4v) is 3.94. The monoisotopic (exact) mass is 504 g/mol. The lowest BCUT2D eigenvalue weighted by molar-refractivity contribution is -0.274. The fourth-order valence-electron chi connectivity index (χ4n) is 3.77. The molecule has 1 N–H and O–H groups in total. The average molecular weight is 505 g/mol. The van der Waals surface area contributed by atoms with Crippen LogP contribution in [0.3, 0.4) is 0 Å². The van der Waals surface area contributed by atoms with Gasteiger partial charge < -0.3 is 14.6 Å². The Morgan fingerprint density at radius 2 is 1.83 bits per heavy atom. The van der Waals surface area contributed by atoms with Gasteiger partial charge in [0.05, 0.1) is 24.3 Å². The van der Waals surface area contributed by atoms with Crippen LogP contribution in [-0.4, -0.2) is 35.3 Å². The number of methoxy groups -OCH3 is 1. The molecular weight excluding hydrogens is 489 g/mol. The summed E-state index contributed by atoms with van der Waals surface area (Å²) >= 11 is 6.07. The third-order valence-corrected chi connectivity index (χ3v) is 5.44. The smallest absolute Gasteiger partial charge is 0.507 e. The lowest BCUT2D eigenvalue weighted by Crippen LogP contribution is -2.29. The predicted molar refractivity (Wildman–Crippen MR) is 120 cm³/mol. The van der Waals surface area contributed by atoms with E-state index < -0.39 is 35.6 Å². The van der Waals surface area contributed by atoms with Crippen LogP contribution in [0.25, 0.3) is 5.76 Å². The van der Waals surface area contributed by atoms with Crippen LogP contribution in [-0.2, 0) is 9.59 Å². The molecule has 180 valence electrons. The van der Waals surface area contributed by atoms with Crippen LogP contribution < -0.4 is 14.4 Å². The molecule has 3 aromatic rings. The van der Waals surface area contributed by atoms with Crippen LogP contribution in [0.1, 0.15) is 17.2 Å². The van der Waals surface area contributed by atoms with Crippen LogP contribution in [0.2, 0.25) is 5.02 Å². The number of halogens is 4. The molecule has 0 saturated carbocycles. The number of alkyl halides is 3. The van der Waals surface area contributed by atoms with Gasteiger partial charge in [0.15, 0.2) is 0 Å². The van der Waals surface area contributed by atoms with E-state index in [-0.39, 0.29) is 27.6 Å². The van der Waals surface area contributed by atoms with E-state index in [2.05, 4.69) is 9.72 Å². The number of ether oxygens (including phenoxy) is 2. The van der Waals surface area contributed by atoms with Gasteiger partial charge >= 0.3 is 6.36 Å². The van der Waals surface area contributed by atoms with E-state index in [0.717, 1.165) is 17.0 Å². The number of Topliss-reactive ketones (excluding diaryl/α,β-unsaturated/α-hetero) is 1. The first-order valence-corrected chi connectivity index (χ1v) is 10.4. The highest BCUT2D eigenvalue weighted by Crippen LogP contribution is 2.43. The predicted octanol–water partition coefficient (Wildman–Crippen LogP) is 5.27. The van der Waals surface area contributed by atoms with Crippen molar-refractivity contribution in [3.05, 3.63) is 88.7 Å². The van der Waals surface area contributed by atoms with E-state index in [9.17, 15) is 27.9 Å². The lowest BCUT2D eigenvalue weighted by atomic mass is 9.96. The van der Waals surface area contributed by atoms with Crippen LogP contribution >= 0.6 is 11.6 Å². The Morgan fingerprint density at radius 1 is 1.11 bits per heavy atom. The van der Waals surface area contributed by atoms with Gasteiger partial charge in [0, 0.05) is 23.1 Å². The normalized spacial score (nSPS) is 17.5. The van der Waals surface area contributed by atoms with Crippen molar-refractivity contribution in [2.45, 2.75) is 12.4 Å². The van der Waals surface area contributed by atoms with Crippen LogP contribution in [0.5, 0.6) is 11.5 Å². The fraction of sp³-hybridized carbons (Fsp3) is 0.125. The minimum Gasteiger partial charge on any atom is -0.507 e. The minimum absolute atomic E-state index is 0.0841. The first kappa shape index (κ1) is 24.1. The number of aromatic nitrogens is 1. The first-order valence-electron chi connectivity index (χ1n) is 10.0. The van der Waals surface area contributed by atoms with E-state index in [1.54, 1.807) is 12.1 Å². The highest BCUT2D eigenvalue weighted by atomic mass is 35.5. The van der Waals surface area contributed by atoms with E-state index in [1.807, 2.05) is 0 Å². The molecule has 0 radical (unpaired) electrons. The number of carbonyl (C=O) groups excluding carboxylic acids is 2. The van der Waals surface area contributed by atoms with Crippen LogP contribution in [0.4, 0.5) is 18.9 Å². The molecule has 2 heterocycles. The summed E-state index contributed by atoms with van der Waals surface area (Å²) in [6.45, 7) is 0. The Bertz CT molecular complexity index is 1310. The van der Waals surface area contributed by atoms with E-state index in [0.29, 0.717) is 5.56 Å². The molecule has 0 bridgehead atoms. The molecule has 1 atom stereocenters. The zero-order valence-electron chi connectivity index (χ0n) is 17.9. The second kappa shape index (κ2) is 9.30. The maximum absolute atomic E-state index is 13.1. The maximum atomic E-state index is 13.1. The van der Waals surface area contributed by atoms with Crippen molar-refractivity contribution >= 4 is 34.7 Å². The van der Waals surface area contributed by atoms with Crippen molar-refractivity contribution in [3.63, 3.8) is 0 Å². The number of amides is 1. The van der Waals surface area contributed by atoms with Gasteiger partial charge in [-0.3, -0.25) is 19.5 Å². The van der Waals surface area contributed by atoms with Gasteiger partial charge in [-0.25, -0.2) is 0 Å². The summed E-state index contributed by atoms with van der Waals surface area (Å²) < 4.78 is 46.8. The van der Waals surface area contributed by atoms with Gasteiger partial charge in [0.25, 0.3) is 11.7 Å². The zero-order valence-corrected chi connectivity index (χ0v) is 18.7. The maximum Gasteiger partial charge on any atom is 0.573 e. The summed E-state index contributed by atoms with van der Waals surface area (Å²) in [5, 5.41) is 11.4. The van der Waals surface area contributed by atoms with Gasteiger partial charge in [0.1, 0.15) is 17.3 Å². The van der Waals surface area contributed by atoms with Crippen molar-refractivity contribution in [2.75, 3.05) is 12.0 Å². The quantitative estimate of drug-likeness (QED) is 0.289. The molecular formula is C24H16ClF3N2O5. The molecule has 1 aliphatic heterocycles. The number of benzene rings is 2. The molecule has 2 aromatic carbocycles. The van der Waals surface area contributed by atoms with Gasteiger partial charge in [-0.05, 0) is 54.1 Å². The van der Waals surface area contributed by atoms with Crippen molar-refractivity contribution in [2.24, 2.45) is 0 Å². The molecule has 0 spiro atoms. The summed E-state index contributed by atoms with van der Waals surface area (Å²) in [7, 11) is 1.36. The van der Waals surface area contributed by atoms with Gasteiger partial charge in [-0.2, -0.15) is 0 Å². The van der Waals surface area contributed by atoms with Crippen molar-refractivity contribution < 1.29 is 37.3 Å². The number of aliphatic hydroxyl groups excluding tert-OH is 1. The minimum atomic E-state index is -4.89. The third-order valence-electron chi connectivity index (χ3n) is 5.21. The second-order valence-electron chi connectivity index (χ2n) is 7.34. The molecule has 7 nitrogen and oxygen atoms in total. The number of ketones is 1. The van der Waals surface area contributed by atoms with Crippen molar-refractivity contribution in [3.8, 4) is 11.5 Å². The molecule has 0 aliphatic carbocycles. The van der Waals surface area contributed by atoms with Gasteiger partial charge in [-0.15, -0.1) is 13.2 Å². The van der Waals surface area contributed by atoms with Crippen molar-refractivity contribution in [1.29, 1.82) is 0 Å². The summed E-state index contributed by atoms with van der Waals surface area (Å²) in [4.78, 5) is 31.4. The Hall–Kier alpha value is -4.05. The van der Waals surface area contributed by atoms with Gasteiger partial charge in [-0.1, -0.05) is 17.7 Å². The molecule has 1 fully saturated rings. The van der Waals surface area contributed by atoms with Crippen LogP contribution in [0.15, 0.2) is 72.6 Å². The molecule has 1 aromatic heterocycles. The molecule has 1 amide bonds. The summed E-state index contributed by atoms with van der Waals surface area (Å²) in [5.41, 5.74) is 0.303. The number of rotatable bonds is 5. The highest BCUT2D eigenvalue weighted by molar-refractivity contribution is 6.51. The Balaban J connectivity index is 1.88. The molecule has 1 saturated heterocycles. The van der Waals surface area contributed by atoms with E-state index in [4.69, 9.17) is 16.3 Å². The summed E-state index contributed by atoms with van der Waals surface area (Å²) in [5.74, 6) is -2.83. The van der Waals surface area contributed by atoms with E-state index >= 15 is 0 Å². The molecule has 11 heteroatoms. The number of carbonyl (C=O) groups is 2. The number of aliphatic hydroxyl groups is 1. The molecule has 35 heavy (non-hydrogen) atoms. The SMILES string of the molecule is COc1ccc(Cl)cc1/C(O)=C1\C(=O)C(=O)N(c2ccc(OC(F)(F)F)cc2)C1c1cccnc1. The first-order chi connectivity index (χ1) is 16.6. The van der Waals surface area contributed by atoms with Crippen LogP contribution in [0, 0.1) is 0 Å². The molecule has 1 aliphatic rings. The number of hydrogen-bond donors (Lipinski definition) is 1.